The highest BCUT2D eigenvalue weighted by Crippen LogP contribution is 2.14. The van der Waals surface area contributed by atoms with E-state index in [1.54, 1.807) is 12.1 Å². The third-order valence-electron chi connectivity index (χ3n) is 4.50. The second kappa shape index (κ2) is 7.40. The molecule has 0 spiro atoms. The van der Waals surface area contributed by atoms with Crippen molar-refractivity contribution in [2.45, 2.75) is 27.3 Å². The maximum Gasteiger partial charge on any atom is 0.261 e. The molecule has 26 heavy (non-hydrogen) atoms. The van der Waals surface area contributed by atoms with Gasteiger partial charge in [-0.2, -0.15) is 0 Å². The van der Waals surface area contributed by atoms with Crippen LogP contribution in [0.15, 0.2) is 65.5 Å². The number of aromatic nitrogens is 1. The Balaban J connectivity index is 1.97. The lowest BCUT2D eigenvalue weighted by molar-refractivity contribution is 0.102. The number of anilines is 1. The van der Waals surface area contributed by atoms with Crippen LogP contribution in [0.25, 0.3) is 0 Å². The highest BCUT2D eigenvalue weighted by Gasteiger charge is 2.17. The zero-order valence-corrected chi connectivity index (χ0v) is 15.2. The second-order valence-corrected chi connectivity index (χ2v) is 6.50. The smallest absolute Gasteiger partial charge is 0.261 e. The number of aryl methyl sites for hydroxylation is 2. The lowest BCUT2D eigenvalue weighted by Crippen LogP contribution is -2.27. The van der Waals surface area contributed by atoms with E-state index in [1.807, 2.05) is 43.5 Å². The summed E-state index contributed by atoms with van der Waals surface area (Å²) in [4.78, 5) is 25.2. The van der Waals surface area contributed by atoms with Gasteiger partial charge in [-0.05, 0) is 38.5 Å². The number of para-hydroxylation sites is 1. The first-order valence-corrected chi connectivity index (χ1v) is 8.58. The predicted octanol–water partition coefficient (Wildman–Crippen LogP) is 4.07. The number of benzene rings is 2. The van der Waals surface area contributed by atoms with Gasteiger partial charge in [0.1, 0.15) is 5.56 Å². The Hall–Kier alpha value is -3.14. The van der Waals surface area contributed by atoms with Gasteiger partial charge in [0.2, 0.25) is 0 Å². The van der Waals surface area contributed by atoms with Crippen molar-refractivity contribution in [1.29, 1.82) is 0 Å². The van der Waals surface area contributed by atoms with Crippen LogP contribution in [0, 0.1) is 20.8 Å². The molecule has 1 N–H and O–H groups in total. The van der Waals surface area contributed by atoms with Crippen LogP contribution in [0.3, 0.4) is 0 Å². The van der Waals surface area contributed by atoms with Crippen LogP contribution in [-0.2, 0) is 6.54 Å². The molecule has 0 saturated heterocycles. The first kappa shape index (κ1) is 17.7. The van der Waals surface area contributed by atoms with Crippen molar-refractivity contribution in [3.8, 4) is 0 Å². The van der Waals surface area contributed by atoms with Crippen LogP contribution in [0.1, 0.15) is 32.9 Å². The molecule has 0 radical (unpaired) electrons. The van der Waals surface area contributed by atoms with Gasteiger partial charge in [-0.25, -0.2) is 0 Å². The van der Waals surface area contributed by atoms with Gasteiger partial charge in [-0.15, -0.1) is 0 Å². The summed E-state index contributed by atoms with van der Waals surface area (Å²) in [6.45, 7) is 6.37. The van der Waals surface area contributed by atoms with E-state index in [0.717, 1.165) is 11.3 Å². The van der Waals surface area contributed by atoms with E-state index in [0.29, 0.717) is 17.9 Å². The molecule has 0 bridgehead atoms. The third kappa shape index (κ3) is 3.75. The summed E-state index contributed by atoms with van der Waals surface area (Å²) in [5, 5.41) is 2.81. The standard InChI is InChI=1S/C22H22N2O2/c1-15-9-11-18(12-10-15)14-24-16(2)13-20(25)21(17(24)3)22(26)23-19-7-5-4-6-8-19/h4-13H,14H2,1-3H3,(H,23,26). The summed E-state index contributed by atoms with van der Waals surface area (Å²) in [6.07, 6.45) is 0. The summed E-state index contributed by atoms with van der Waals surface area (Å²) in [7, 11) is 0. The average molecular weight is 346 g/mol. The Morgan fingerprint density at radius 1 is 0.962 bits per heavy atom. The van der Waals surface area contributed by atoms with Crippen molar-refractivity contribution in [3.63, 3.8) is 0 Å². The molecule has 0 aliphatic heterocycles. The molecule has 1 heterocycles. The fourth-order valence-electron chi connectivity index (χ4n) is 3.03. The molecular formula is C22H22N2O2. The Bertz CT molecular complexity index is 987. The Kier molecular flexibility index (Phi) is 5.03. The largest absolute Gasteiger partial charge is 0.344 e. The lowest BCUT2D eigenvalue weighted by Gasteiger charge is -2.18. The normalized spacial score (nSPS) is 10.6. The van der Waals surface area contributed by atoms with Gasteiger partial charge in [-0.3, -0.25) is 9.59 Å². The molecule has 0 atom stereocenters. The van der Waals surface area contributed by atoms with Crippen molar-refractivity contribution < 1.29 is 4.79 Å². The predicted molar refractivity (Wildman–Crippen MR) is 105 cm³/mol. The van der Waals surface area contributed by atoms with Gasteiger partial charge in [-0.1, -0.05) is 48.0 Å². The zero-order chi connectivity index (χ0) is 18.7. The number of pyridine rings is 1. The Labute approximate surface area is 153 Å². The topological polar surface area (TPSA) is 51.1 Å². The second-order valence-electron chi connectivity index (χ2n) is 6.50. The molecule has 0 aliphatic rings. The van der Waals surface area contributed by atoms with Gasteiger partial charge in [0, 0.05) is 29.7 Å². The van der Waals surface area contributed by atoms with Crippen LogP contribution in [0.2, 0.25) is 0 Å². The minimum Gasteiger partial charge on any atom is -0.344 e. The average Bonchev–Trinajstić information content (AvgIpc) is 2.61. The molecular weight excluding hydrogens is 324 g/mol. The molecule has 4 heteroatoms. The minimum absolute atomic E-state index is 0.187. The number of nitrogens with one attached hydrogen (secondary N) is 1. The number of carbonyl (C=O) groups excluding carboxylic acids is 1. The fraction of sp³-hybridized carbons (Fsp3) is 0.182. The lowest BCUT2D eigenvalue weighted by atomic mass is 10.1. The van der Waals surface area contributed by atoms with E-state index in [4.69, 9.17) is 0 Å². The SMILES string of the molecule is Cc1ccc(Cn2c(C)cc(=O)c(C(=O)Nc3ccccc3)c2C)cc1. The third-order valence-corrected chi connectivity index (χ3v) is 4.50. The van der Waals surface area contributed by atoms with Gasteiger partial charge in [0.05, 0.1) is 0 Å². The number of hydrogen-bond acceptors (Lipinski definition) is 2. The molecule has 1 amide bonds. The Morgan fingerprint density at radius 2 is 1.62 bits per heavy atom. The van der Waals surface area contributed by atoms with E-state index in [1.165, 1.54) is 11.6 Å². The van der Waals surface area contributed by atoms with Gasteiger partial charge in [0.15, 0.2) is 5.43 Å². The van der Waals surface area contributed by atoms with E-state index in [2.05, 4.69) is 29.6 Å². The molecule has 2 aromatic carbocycles. The number of amides is 1. The molecule has 132 valence electrons. The zero-order valence-electron chi connectivity index (χ0n) is 15.2. The maximum absolute atomic E-state index is 12.7. The van der Waals surface area contributed by atoms with Crippen molar-refractivity contribution in [2.75, 3.05) is 5.32 Å². The van der Waals surface area contributed by atoms with Gasteiger partial charge >= 0.3 is 0 Å². The highest BCUT2D eigenvalue weighted by molar-refractivity contribution is 6.04. The van der Waals surface area contributed by atoms with Crippen molar-refractivity contribution >= 4 is 11.6 Å². The highest BCUT2D eigenvalue weighted by atomic mass is 16.2. The fourth-order valence-corrected chi connectivity index (χ4v) is 3.03. The van der Waals surface area contributed by atoms with Crippen LogP contribution < -0.4 is 10.7 Å². The molecule has 4 nitrogen and oxygen atoms in total. The first-order chi connectivity index (χ1) is 12.5. The monoisotopic (exact) mass is 346 g/mol. The number of carbonyl (C=O) groups is 1. The van der Waals surface area contributed by atoms with E-state index in [-0.39, 0.29) is 16.9 Å². The van der Waals surface area contributed by atoms with E-state index < -0.39 is 0 Å². The maximum atomic E-state index is 12.7. The minimum atomic E-state index is -0.378. The van der Waals surface area contributed by atoms with Crippen molar-refractivity contribution in [1.82, 2.24) is 4.57 Å². The van der Waals surface area contributed by atoms with Crippen LogP contribution in [0.4, 0.5) is 5.69 Å². The summed E-state index contributed by atoms with van der Waals surface area (Å²) < 4.78 is 2.01. The number of hydrogen-bond donors (Lipinski definition) is 1. The van der Waals surface area contributed by atoms with E-state index >= 15 is 0 Å². The van der Waals surface area contributed by atoms with Crippen LogP contribution >= 0.6 is 0 Å². The van der Waals surface area contributed by atoms with Crippen LogP contribution in [-0.4, -0.2) is 10.5 Å². The van der Waals surface area contributed by atoms with Crippen LogP contribution in [0.5, 0.6) is 0 Å². The quantitative estimate of drug-likeness (QED) is 0.774. The van der Waals surface area contributed by atoms with Crippen molar-refractivity contribution in [3.05, 3.63) is 99.0 Å². The molecule has 3 rings (SSSR count). The molecule has 0 unspecified atom stereocenters. The summed E-state index contributed by atoms with van der Waals surface area (Å²) in [6, 6.07) is 18.9. The molecule has 0 aliphatic carbocycles. The van der Waals surface area contributed by atoms with Gasteiger partial charge in [0.25, 0.3) is 5.91 Å². The summed E-state index contributed by atoms with van der Waals surface area (Å²) in [5.41, 5.74) is 4.43. The molecule has 0 fully saturated rings. The summed E-state index contributed by atoms with van der Waals surface area (Å²) in [5.74, 6) is -0.378. The first-order valence-electron chi connectivity index (χ1n) is 8.58. The molecule has 3 aromatic rings. The molecule has 1 aromatic heterocycles. The molecule has 0 saturated carbocycles. The summed E-state index contributed by atoms with van der Waals surface area (Å²) >= 11 is 0. The number of nitrogens with zero attached hydrogens (tertiary/aromatic N) is 1. The number of rotatable bonds is 4. The Morgan fingerprint density at radius 3 is 2.27 bits per heavy atom. The van der Waals surface area contributed by atoms with Gasteiger partial charge < -0.3 is 9.88 Å². The van der Waals surface area contributed by atoms with Crippen molar-refractivity contribution in [2.24, 2.45) is 0 Å². The van der Waals surface area contributed by atoms with E-state index in [9.17, 15) is 9.59 Å².